The minimum absolute atomic E-state index is 0.325. The Bertz CT molecular complexity index is 525. The van der Waals surface area contributed by atoms with Gasteiger partial charge in [-0.1, -0.05) is 22.8 Å². The first-order valence-electron chi connectivity index (χ1n) is 5.67. The van der Waals surface area contributed by atoms with Crippen LogP contribution in [0, 0.1) is 6.92 Å². The number of nitrogens with zero attached hydrogens (tertiary/aromatic N) is 1. The Labute approximate surface area is 111 Å². The molecule has 0 unspecified atom stereocenters. The number of aryl methyl sites for hydroxylation is 1. The number of aromatic nitrogens is 1. The highest BCUT2D eigenvalue weighted by Gasteiger charge is 2.06. The van der Waals surface area contributed by atoms with Gasteiger partial charge in [0, 0.05) is 12.6 Å². The predicted octanol–water partition coefficient (Wildman–Crippen LogP) is 2.93. The quantitative estimate of drug-likeness (QED) is 0.904. The van der Waals surface area contributed by atoms with Gasteiger partial charge in [0.15, 0.2) is 5.76 Å². The monoisotopic (exact) mass is 266 g/mol. The van der Waals surface area contributed by atoms with Crippen LogP contribution in [0.1, 0.15) is 17.0 Å². The summed E-state index contributed by atoms with van der Waals surface area (Å²) < 4.78 is 10.6. The lowest BCUT2D eigenvalue weighted by molar-refractivity contribution is 0.249. The second-order valence-electron chi connectivity index (χ2n) is 4.02. The average Bonchev–Trinajstić information content (AvgIpc) is 2.74. The molecular weight excluding hydrogens is 252 g/mol. The van der Waals surface area contributed by atoms with Gasteiger partial charge in [0.1, 0.15) is 12.4 Å². The summed E-state index contributed by atoms with van der Waals surface area (Å²) in [6, 6.07) is 7.56. The van der Waals surface area contributed by atoms with Crippen LogP contribution in [-0.2, 0) is 13.2 Å². The molecular formula is C13H15ClN2O2. The highest BCUT2D eigenvalue weighted by molar-refractivity contribution is 6.32. The Morgan fingerprint density at radius 3 is 2.83 bits per heavy atom. The normalized spacial score (nSPS) is 10.6. The van der Waals surface area contributed by atoms with Crippen LogP contribution in [0.25, 0.3) is 0 Å². The molecule has 0 aliphatic carbocycles. The van der Waals surface area contributed by atoms with Crippen LogP contribution in [0.3, 0.4) is 0 Å². The van der Waals surface area contributed by atoms with Crippen molar-refractivity contribution >= 4 is 11.6 Å². The van der Waals surface area contributed by atoms with Gasteiger partial charge in [-0.3, -0.25) is 0 Å². The first-order chi connectivity index (χ1) is 8.69. The van der Waals surface area contributed by atoms with Gasteiger partial charge in [-0.15, -0.1) is 0 Å². The first kappa shape index (κ1) is 12.9. The molecule has 0 saturated carbocycles. The number of nitrogens with one attached hydrogen (secondary N) is 1. The number of hydrogen-bond donors (Lipinski definition) is 1. The van der Waals surface area contributed by atoms with E-state index in [0.29, 0.717) is 23.1 Å². The summed E-state index contributed by atoms with van der Waals surface area (Å²) in [6.07, 6.45) is 0. The van der Waals surface area contributed by atoms with Crippen LogP contribution in [0.4, 0.5) is 0 Å². The van der Waals surface area contributed by atoms with Crippen molar-refractivity contribution in [2.45, 2.75) is 20.1 Å². The third-order valence-electron chi connectivity index (χ3n) is 2.42. The molecule has 1 N–H and O–H groups in total. The zero-order chi connectivity index (χ0) is 13.0. The maximum Gasteiger partial charge on any atom is 0.174 e. The topological polar surface area (TPSA) is 47.3 Å². The zero-order valence-corrected chi connectivity index (χ0v) is 11.1. The van der Waals surface area contributed by atoms with Crippen molar-refractivity contribution in [1.82, 2.24) is 10.5 Å². The standard InChI is InChI=1S/C13H15ClN2O2/c1-9-5-11(18-16-9)8-17-13-4-3-10(7-15-2)6-12(13)14/h3-6,15H,7-8H2,1-2H3. The van der Waals surface area contributed by atoms with Crippen molar-refractivity contribution in [3.05, 3.63) is 46.3 Å². The molecule has 0 aliphatic heterocycles. The van der Waals surface area contributed by atoms with E-state index in [9.17, 15) is 0 Å². The summed E-state index contributed by atoms with van der Waals surface area (Å²) in [5, 5.41) is 7.46. The van der Waals surface area contributed by atoms with E-state index in [2.05, 4.69) is 10.5 Å². The number of hydrogen-bond acceptors (Lipinski definition) is 4. The van der Waals surface area contributed by atoms with E-state index in [4.69, 9.17) is 20.9 Å². The van der Waals surface area contributed by atoms with E-state index in [-0.39, 0.29) is 0 Å². The van der Waals surface area contributed by atoms with Crippen molar-refractivity contribution < 1.29 is 9.26 Å². The van der Waals surface area contributed by atoms with Crippen LogP contribution in [0.5, 0.6) is 5.75 Å². The molecule has 0 aliphatic rings. The molecule has 0 saturated heterocycles. The molecule has 1 aromatic carbocycles. The van der Waals surface area contributed by atoms with Crippen molar-refractivity contribution in [2.24, 2.45) is 0 Å². The number of ether oxygens (including phenoxy) is 1. The lowest BCUT2D eigenvalue weighted by Gasteiger charge is -2.08. The Hall–Kier alpha value is -1.52. The largest absolute Gasteiger partial charge is 0.484 e. The zero-order valence-electron chi connectivity index (χ0n) is 10.4. The average molecular weight is 267 g/mol. The number of halogens is 1. The maximum atomic E-state index is 6.14. The Kier molecular flexibility index (Phi) is 4.23. The summed E-state index contributed by atoms with van der Waals surface area (Å²) in [5.41, 5.74) is 1.95. The van der Waals surface area contributed by atoms with Crippen LogP contribution in [-0.4, -0.2) is 12.2 Å². The second kappa shape index (κ2) is 5.89. The van der Waals surface area contributed by atoms with Crippen LogP contribution >= 0.6 is 11.6 Å². The lowest BCUT2D eigenvalue weighted by atomic mass is 10.2. The Morgan fingerprint density at radius 1 is 1.39 bits per heavy atom. The van der Waals surface area contributed by atoms with Gasteiger partial charge in [-0.2, -0.15) is 0 Å². The van der Waals surface area contributed by atoms with Gasteiger partial charge in [-0.25, -0.2) is 0 Å². The molecule has 96 valence electrons. The molecule has 2 aromatic rings. The fourth-order valence-corrected chi connectivity index (χ4v) is 1.87. The van der Waals surface area contributed by atoms with E-state index < -0.39 is 0 Å². The van der Waals surface area contributed by atoms with E-state index in [1.54, 1.807) is 0 Å². The summed E-state index contributed by atoms with van der Waals surface area (Å²) in [6.45, 7) is 2.97. The molecule has 0 spiro atoms. The number of rotatable bonds is 5. The predicted molar refractivity (Wildman–Crippen MR) is 69.8 cm³/mol. The van der Waals surface area contributed by atoms with Gasteiger partial charge in [0.25, 0.3) is 0 Å². The molecule has 1 heterocycles. The second-order valence-corrected chi connectivity index (χ2v) is 4.43. The molecule has 1 aromatic heterocycles. The van der Waals surface area contributed by atoms with E-state index >= 15 is 0 Å². The third-order valence-corrected chi connectivity index (χ3v) is 2.72. The Balaban J connectivity index is 2.01. The molecule has 5 heteroatoms. The van der Waals surface area contributed by atoms with E-state index in [0.717, 1.165) is 17.8 Å². The van der Waals surface area contributed by atoms with Crippen LogP contribution in [0.2, 0.25) is 5.02 Å². The molecule has 18 heavy (non-hydrogen) atoms. The minimum atomic E-state index is 0.325. The minimum Gasteiger partial charge on any atom is -0.484 e. The molecule has 2 rings (SSSR count). The van der Waals surface area contributed by atoms with Crippen LogP contribution < -0.4 is 10.1 Å². The summed E-state index contributed by atoms with van der Waals surface area (Å²) in [5.74, 6) is 1.33. The molecule has 0 bridgehead atoms. The third kappa shape index (κ3) is 3.24. The molecule has 4 nitrogen and oxygen atoms in total. The highest BCUT2D eigenvalue weighted by atomic mass is 35.5. The lowest BCUT2D eigenvalue weighted by Crippen LogP contribution is -2.05. The molecule has 0 amide bonds. The van der Waals surface area contributed by atoms with Crippen molar-refractivity contribution in [1.29, 1.82) is 0 Å². The summed E-state index contributed by atoms with van der Waals surface area (Å²) >= 11 is 6.14. The SMILES string of the molecule is CNCc1ccc(OCc2cc(C)no2)c(Cl)c1. The van der Waals surface area contributed by atoms with Crippen LogP contribution in [0.15, 0.2) is 28.8 Å². The Morgan fingerprint density at radius 2 is 2.22 bits per heavy atom. The van der Waals surface area contributed by atoms with Gasteiger partial charge >= 0.3 is 0 Å². The summed E-state index contributed by atoms with van der Waals surface area (Å²) in [4.78, 5) is 0. The van der Waals surface area contributed by atoms with Crippen molar-refractivity contribution in [3.63, 3.8) is 0 Å². The maximum absolute atomic E-state index is 6.14. The fraction of sp³-hybridized carbons (Fsp3) is 0.308. The van der Waals surface area contributed by atoms with E-state index in [1.807, 2.05) is 38.2 Å². The van der Waals surface area contributed by atoms with Crippen molar-refractivity contribution in [3.8, 4) is 5.75 Å². The molecule has 0 radical (unpaired) electrons. The number of benzene rings is 1. The van der Waals surface area contributed by atoms with Gasteiger partial charge in [0.2, 0.25) is 0 Å². The molecule has 0 atom stereocenters. The molecule has 0 fully saturated rings. The highest BCUT2D eigenvalue weighted by Crippen LogP contribution is 2.26. The van der Waals surface area contributed by atoms with Gasteiger partial charge in [-0.05, 0) is 31.7 Å². The summed E-state index contributed by atoms with van der Waals surface area (Å²) in [7, 11) is 1.89. The fourth-order valence-electron chi connectivity index (χ4n) is 1.61. The van der Waals surface area contributed by atoms with E-state index in [1.165, 1.54) is 0 Å². The first-order valence-corrected chi connectivity index (χ1v) is 6.05. The van der Waals surface area contributed by atoms with Crippen molar-refractivity contribution in [2.75, 3.05) is 7.05 Å². The van der Waals surface area contributed by atoms with Gasteiger partial charge < -0.3 is 14.6 Å². The smallest absolute Gasteiger partial charge is 0.174 e. The van der Waals surface area contributed by atoms with Gasteiger partial charge in [0.05, 0.1) is 10.7 Å².